The van der Waals surface area contributed by atoms with Gasteiger partial charge in [-0.25, -0.2) is 4.79 Å². The van der Waals surface area contributed by atoms with Gasteiger partial charge in [0, 0.05) is 6.54 Å². The molecular weight excluding hydrogens is 360 g/mol. The molecular formula is C19H19F2NO5. The predicted octanol–water partition coefficient (Wildman–Crippen LogP) is 2.81. The van der Waals surface area contributed by atoms with E-state index in [4.69, 9.17) is 9.47 Å². The molecule has 0 aliphatic rings. The summed E-state index contributed by atoms with van der Waals surface area (Å²) >= 11 is 0. The first-order valence-corrected chi connectivity index (χ1v) is 8.10. The van der Waals surface area contributed by atoms with Crippen LogP contribution in [0.3, 0.4) is 0 Å². The van der Waals surface area contributed by atoms with Crippen molar-refractivity contribution in [2.75, 3.05) is 20.3 Å². The maximum Gasteiger partial charge on any atom is 0.387 e. The third kappa shape index (κ3) is 6.58. The van der Waals surface area contributed by atoms with Crippen molar-refractivity contribution in [2.45, 2.75) is 13.0 Å². The Morgan fingerprint density at radius 3 is 2.44 bits per heavy atom. The standard InChI is InChI=1S/C19H19F2NO5/c1-25-14-8-6-13(7-9-14)10-11-22-17(23)12-26-18(24)15-4-2-3-5-16(15)27-19(20)21/h2-9,19H,10-12H2,1H3,(H,22,23). The molecule has 0 heterocycles. The first-order valence-electron chi connectivity index (χ1n) is 8.10. The van der Waals surface area contributed by atoms with Gasteiger partial charge in [0.1, 0.15) is 17.1 Å². The van der Waals surface area contributed by atoms with Gasteiger partial charge >= 0.3 is 12.6 Å². The van der Waals surface area contributed by atoms with Gasteiger partial charge < -0.3 is 19.5 Å². The van der Waals surface area contributed by atoms with Crippen molar-refractivity contribution in [1.29, 1.82) is 0 Å². The Morgan fingerprint density at radius 1 is 1.07 bits per heavy atom. The average Bonchev–Trinajstić information content (AvgIpc) is 2.66. The maximum atomic E-state index is 12.4. The van der Waals surface area contributed by atoms with E-state index in [0.29, 0.717) is 13.0 Å². The number of carbonyl (C=O) groups excluding carboxylic acids is 2. The topological polar surface area (TPSA) is 73.9 Å². The van der Waals surface area contributed by atoms with Gasteiger partial charge in [-0.15, -0.1) is 0 Å². The first-order chi connectivity index (χ1) is 13.0. The van der Waals surface area contributed by atoms with E-state index < -0.39 is 25.1 Å². The van der Waals surface area contributed by atoms with Crippen LogP contribution in [-0.4, -0.2) is 38.7 Å². The summed E-state index contributed by atoms with van der Waals surface area (Å²) in [7, 11) is 1.58. The fourth-order valence-corrected chi connectivity index (χ4v) is 2.23. The van der Waals surface area contributed by atoms with Crippen LogP contribution in [0.2, 0.25) is 0 Å². The number of halogens is 2. The molecule has 144 valence electrons. The van der Waals surface area contributed by atoms with Gasteiger partial charge in [-0.05, 0) is 36.2 Å². The highest BCUT2D eigenvalue weighted by atomic mass is 19.3. The van der Waals surface area contributed by atoms with Crippen molar-refractivity contribution in [3.63, 3.8) is 0 Å². The Balaban J connectivity index is 1.77. The van der Waals surface area contributed by atoms with Crippen LogP contribution in [0.15, 0.2) is 48.5 Å². The second-order valence-corrected chi connectivity index (χ2v) is 5.40. The molecule has 2 rings (SSSR count). The van der Waals surface area contributed by atoms with Crippen LogP contribution in [0.5, 0.6) is 11.5 Å². The minimum Gasteiger partial charge on any atom is -0.497 e. The number of nitrogens with one attached hydrogen (secondary N) is 1. The van der Waals surface area contributed by atoms with E-state index in [-0.39, 0.29) is 11.3 Å². The lowest BCUT2D eigenvalue weighted by atomic mass is 10.1. The number of hydrogen-bond donors (Lipinski definition) is 1. The Labute approximate surface area is 155 Å². The van der Waals surface area contributed by atoms with Crippen LogP contribution < -0.4 is 14.8 Å². The fourth-order valence-electron chi connectivity index (χ4n) is 2.23. The lowest BCUT2D eigenvalue weighted by Gasteiger charge is -2.10. The van der Waals surface area contributed by atoms with Crippen molar-refractivity contribution in [3.8, 4) is 11.5 Å². The molecule has 0 aliphatic heterocycles. The molecule has 8 heteroatoms. The van der Waals surface area contributed by atoms with Crippen molar-refractivity contribution >= 4 is 11.9 Å². The van der Waals surface area contributed by atoms with E-state index in [0.717, 1.165) is 11.3 Å². The molecule has 0 bridgehead atoms. The Kier molecular flexibility index (Phi) is 7.54. The Morgan fingerprint density at radius 2 is 1.78 bits per heavy atom. The molecule has 0 aromatic heterocycles. The summed E-state index contributed by atoms with van der Waals surface area (Å²) in [5.74, 6) is -0.983. The van der Waals surface area contributed by atoms with Gasteiger partial charge in [-0.1, -0.05) is 24.3 Å². The van der Waals surface area contributed by atoms with Gasteiger partial charge in [-0.2, -0.15) is 8.78 Å². The SMILES string of the molecule is COc1ccc(CCNC(=O)COC(=O)c2ccccc2OC(F)F)cc1. The van der Waals surface area contributed by atoms with Crippen molar-refractivity contribution in [2.24, 2.45) is 0 Å². The highest BCUT2D eigenvalue weighted by molar-refractivity contribution is 5.93. The zero-order valence-corrected chi connectivity index (χ0v) is 14.6. The van der Waals surface area contributed by atoms with Crippen LogP contribution >= 0.6 is 0 Å². The minimum absolute atomic E-state index is 0.177. The van der Waals surface area contributed by atoms with Crippen LogP contribution in [0.25, 0.3) is 0 Å². The molecule has 2 aromatic rings. The lowest BCUT2D eigenvalue weighted by Crippen LogP contribution is -2.30. The summed E-state index contributed by atoms with van der Waals surface area (Å²) in [4.78, 5) is 23.7. The fraction of sp³-hybridized carbons (Fsp3) is 0.263. The van der Waals surface area contributed by atoms with E-state index in [1.807, 2.05) is 24.3 Å². The van der Waals surface area contributed by atoms with E-state index in [2.05, 4.69) is 10.1 Å². The van der Waals surface area contributed by atoms with Gasteiger partial charge in [0.05, 0.1) is 7.11 Å². The molecule has 0 saturated heterocycles. The highest BCUT2D eigenvalue weighted by Gasteiger charge is 2.17. The summed E-state index contributed by atoms with van der Waals surface area (Å²) in [5.41, 5.74) is 0.829. The van der Waals surface area contributed by atoms with E-state index in [9.17, 15) is 18.4 Å². The van der Waals surface area contributed by atoms with Crippen LogP contribution in [-0.2, 0) is 16.0 Å². The van der Waals surface area contributed by atoms with Gasteiger partial charge in [0.2, 0.25) is 0 Å². The van der Waals surface area contributed by atoms with Crippen LogP contribution in [0, 0.1) is 0 Å². The molecule has 0 fully saturated rings. The van der Waals surface area contributed by atoms with Crippen LogP contribution in [0.4, 0.5) is 8.78 Å². The van der Waals surface area contributed by atoms with Gasteiger partial charge in [0.25, 0.3) is 5.91 Å². The maximum absolute atomic E-state index is 12.4. The smallest absolute Gasteiger partial charge is 0.387 e. The van der Waals surface area contributed by atoms with Crippen molar-refractivity contribution < 1.29 is 32.6 Å². The number of alkyl halides is 2. The van der Waals surface area contributed by atoms with Gasteiger partial charge in [0.15, 0.2) is 6.61 Å². The first kappa shape index (κ1) is 20.2. The molecule has 1 N–H and O–H groups in total. The lowest BCUT2D eigenvalue weighted by molar-refractivity contribution is -0.124. The predicted molar refractivity (Wildman–Crippen MR) is 93.1 cm³/mol. The minimum atomic E-state index is -3.07. The number of benzene rings is 2. The van der Waals surface area contributed by atoms with E-state index in [1.165, 1.54) is 24.3 Å². The van der Waals surface area contributed by atoms with Gasteiger partial charge in [-0.3, -0.25) is 4.79 Å². The summed E-state index contributed by atoms with van der Waals surface area (Å²) < 4.78 is 38.9. The normalized spacial score (nSPS) is 10.4. The molecule has 2 aromatic carbocycles. The number of esters is 1. The number of ether oxygens (including phenoxy) is 3. The summed E-state index contributed by atoms with van der Waals surface area (Å²) in [6.07, 6.45) is 0.592. The molecule has 0 aliphatic carbocycles. The number of rotatable bonds is 9. The number of para-hydroxylation sites is 1. The molecule has 6 nitrogen and oxygen atoms in total. The quantitative estimate of drug-likeness (QED) is 0.679. The number of hydrogen-bond acceptors (Lipinski definition) is 5. The number of methoxy groups -OCH3 is 1. The molecule has 0 atom stereocenters. The summed E-state index contributed by atoms with van der Waals surface area (Å²) in [6.45, 7) is -3.24. The molecule has 27 heavy (non-hydrogen) atoms. The third-order valence-electron chi connectivity index (χ3n) is 3.55. The van der Waals surface area contributed by atoms with E-state index >= 15 is 0 Å². The average molecular weight is 379 g/mol. The monoisotopic (exact) mass is 379 g/mol. The second kappa shape index (κ2) is 10.1. The Hall–Kier alpha value is -3.16. The molecule has 0 spiro atoms. The molecule has 0 radical (unpaired) electrons. The Bertz CT molecular complexity index is 765. The summed E-state index contributed by atoms with van der Waals surface area (Å²) in [5, 5.41) is 2.61. The van der Waals surface area contributed by atoms with Crippen LogP contribution in [0.1, 0.15) is 15.9 Å². The largest absolute Gasteiger partial charge is 0.497 e. The van der Waals surface area contributed by atoms with E-state index in [1.54, 1.807) is 7.11 Å². The zero-order chi connectivity index (χ0) is 19.6. The third-order valence-corrected chi connectivity index (χ3v) is 3.55. The zero-order valence-electron chi connectivity index (χ0n) is 14.6. The highest BCUT2D eigenvalue weighted by Crippen LogP contribution is 2.21. The number of amides is 1. The second-order valence-electron chi connectivity index (χ2n) is 5.40. The van der Waals surface area contributed by atoms with Crippen molar-refractivity contribution in [3.05, 3.63) is 59.7 Å². The summed E-state index contributed by atoms with van der Waals surface area (Å²) in [6, 6.07) is 12.8. The molecule has 0 unspecified atom stereocenters. The molecule has 1 amide bonds. The molecule has 0 saturated carbocycles. The number of carbonyl (C=O) groups is 2. The van der Waals surface area contributed by atoms with Crippen molar-refractivity contribution in [1.82, 2.24) is 5.32 Å².